The highest BCUT2D eigenvalue weighted by Gasteiger charge is 2.25. The molecule has 0 unspecified atom stereocenters. The second-order valence-corrected chi connectivity index (χ2v) is 2.94. The van der Waals surface area contributed by atoms with Crippen molar-refractivity contribution in [3.63, 3.8) is 0 Å². The Balaban J connectivity index is 2.54. The summed E-state index contributed by atoms with van der Waals surface area (Å²) in [6.07, 6.45) is 1.51. The zero-order valence-corrected chi connectivity index (χ0v) is 6.74. The summed E-state index contributed by atoms with van der Waals surface area (Å²) in [5.74, 6) is -0.0231. The SMILES string of the molecule is [B]c1cnc2c(c1)CN(C)C2=O. The third-order valence-electron chi connectivity index (χ3n) is 1.94. The van der Waals surface area contributed by atoms with Gasteiger partial charge < -0.3 is 4.90 Å². The molecule has 0 N–H and O–H groups in total. The van der Waals surface area contributed by atoms with E-state index in [1.807, 2.05) is 0 Å². The van der Waals surface area contributed by atoms with Crippen molar-refractivity contribution in [3.8, 4) is 0 Å². The van der Waals surface area contributed by atoms with E-state index >= 15 is 0 Å². The molecule has 0 saturated carbocycles. The van der Waals surface area contributed by atoms with Crippen LogP contribution in [0, 0.1) is 0 Å². The first-order valence-electron chi connectivity index (χ1n) is 3.68. The largest absolute Gasteiger partial charge is 0.336 e. The molecule has 0 fully saturated rings. The van der Waals surface area contributed by atoms with Crippen LogP contribution in [0.1, 0.15) is 16.1 Å². The standard InChI is InChI=1S/C8H7BN2O/c1-11-4-5-2-6(9)3-10-7(5)8(11)12/h2-3H,4H2,1H3. The summed E-state index contributed by atoms with van der Waals surface area (Å²) in [5.41, 5.74) is 2.06. The lowest BCUT2D eigenvalue weighted by Crippen LogP contribution is -2.18. The van der Waals surface area contributed by atoms with Gasteiger partial charge in [0.05, 0.1) is 0 Å². The van der Waals surface area contributed by atoms with Crippen LogP contribution in [0.5, 0.6) is 0 Å². The monoisotopic (exact) mass is 158 g/mol. The van der Waals surface area contributed by atoms with Crippen molar-refractivity contribution < 1.29 is 4.79 Å². The molecule has 4 heteroatoms. The number of hydrogen-bond donors (Lipinski definition) is 0. The highest BCUT2D eigenvalue weighted by atomic mass is 16.2. The van der Waals surface area contributed by atoms with Crippen molar-refractivity contribution in [2.45, 2.75) is 6.54 Å². The van der Waals surface area contributed by atoms with Crippen LogP contribution >= 0.6 is 0 Å². The quantitative estimate of drug-likeness (QED) is 0.475. The van der Waals surface area contributed by atoms with Gasteiger partial charge in [-0.25, -0.2) is 0 Å². The predicted molar refractivity (Wildman–Crippen MR) is 45.4 cm³/mol. The smallest absolute Gasteiger partial charge is 0.272 e. The number of hydrogen-bond acceptors (Lipinski definition) is 2. The van der Waals surface area contributed by atoms with E-state index in [4.69, 9.17) is 7.85 Å². The van der Waals surface area contributed by atoms with Gasteiger partial charge in [-0.3, -0.25) is 9.78 Å². The van der Waals surface area contributed by atoms with E-state index in [2.05, 4.69) is 4.98 Å². The Kier molecular flexibility index (Phi) is 1.43. The number of rotatable bonds is 0. The van der Waals surface area contributed by atoms with Crippen LogP contribution in [-0.2, 0) is 6.54 Å². The first kappa shape index (κ1) is 7.34. The summed E-state index contributed by atoms with van der Waals surface area (Å²) in [7, 11) is 7.28. The minimum absolute atomic E-state index is 0.0231. The summed E-state index contributed by atoms with van der Waals surface area (Å²) < 4.78 is 0. The fraction of sp³-hybridized carbons (Fsp3) is 0.250. The summed E-state index contributed by atoms with van der Waals surface area (Å²) in [4.78, 5) is 16.9. The summed E-state index contributed by atoms with van der Waals surface area (Å²) in [5, 5.41) is 0. The Hall–Kier alpha value is -1.32. The normalized spacial score (nSPS) is 15.1. The molecule has 0 spiro atoms. The summed E-state index contributed by atoms with van der Waals surface area (Å²) in [6.45, 7) is 0.617. The minimum atomic E-state index is -0.0231. The molecule has 2 rings (SSSR count). The molecule has 3 nitrogen and oxygen atoms in total. The molecular weight excluding hydrogens is 151 g/mol. The van der Waals surface area contributed by atoms with Gasteiger partial charge in [0.15, 0.2) is 0 Å². The van der Waals surface area contributed by atoms with Crippen molar-refractivity contribution in [1.29, 1.82) is 0 Å². The third-order valence-corrected chi connectivity index (χ3v) is 1.94. The van der Waals surface area contributed by atoms with Crippen molar-refractivity contribution in [3.05, 3.63) is 23.5 Å². The van der Waals surface area contributed by atoms with Gasteiger partial charge in [-0.15, -0.1) is 0 Å². The van der Waals surface area contributed by atoms with Gasteiger partial charge in [-0.1, -0.05) is 11.5 Å². The number of pyridine rings is 1. The van der Waals surface area contributed by atoms with Gasteiger partial charge in [-0.2, -0.15) is 0 Å². The van der Waals surface area contributed by atoms with Crippen molar-refractivity contribution in [1.82, 2.24) is 9.88 Å². The summed E-state index contributed by atoms with van der Waals surface area (Å²) in [6, 6.07) is 1.80. The fourth-order valence-corrected chi connectivity index (χ4v) is 1.35. The fourth-order valence-electron chi connectivity index (χ4n) is 1.35. The number of fused-ring (bicyclic) bond motifs is 1. The molecule has 0 aliphatic carbocycles. The molecule has 0 aromatic carbocycles. The molecule has 1 aliphatic rings. The van der Waals surface area contributed by atoms with Crippen LogP contribution in [-0.4, -0.2) is 30.7 Å². The first-order chi connectivity index (χ1) is 5.68. The second-order valence-electron chi connectivity index (χ2n) is 2.94. The van der Waals surface area contributed by atoms with E-state index in [0.717, 1.165) is 5.56 Å². The molecule has 2 radical (unpaired) electrons. The average molecular weight is 158 g/mol. The van der Waals surface area contributed by atoms with E-state index in [9.17, 15) is 4.79 Å². The molecule has 1 aliphatic heterocycles. The van der Waals surface area contributed by atoms with Crippen LogP contribution in [0.15, 0.2) is 12.3 Å². The number of amides is 1. The van der Waals surface area contributed by atoms with Gasteiger partial charge in [-0.05, 0) is 0 Å². The number of carbonyl (C=O) groups is 1. The molecule has 2 heterocycles. The molecule has 58 valence electrons. The Morgan fingerprint density at radius 1 is 1.67 bits per heavy atom. The van der Waals surface area contributed by atoms with Crippen molar-refractivity contribution in [2.24, 2.45) is 0 Å². The zero-order valence-electron chi connectivity index (χ0n) is 6.74. The Bertz CT molecular complexity index is 351. The minimum Gasteiger partial charge on any atom is -0.336 e. The molecule has 1 aromatic heterocycles. The Labute approximate surface area is 71.8 Å². The lowest BCUT2D eigenvalue weighted by Gasteiger charge is -2.03. The highest BCUT2D eigenvalue weighted by Crippen LogP contribution is 2.16. The van der Waals surface area contributed by atoms with Gasteiger partial charge in [0, 0.05) is 25.4 Å². The number of nitrogens with zero attached hydrogens (tertiary/aromatic N) is 2. The topological polar surface area (TPSA) is 33.2 Å². The van der Waals surface area contributed by atoms with Gasteiger partial charge in [0.2, 0.25) is 0 Å². The number of aromatic nitrogens is 1. The molecule has 1 amide bonds. The van der Waals surface area contributed by atoms with Crippen molar-refractivity contribution in [2.75, 3.05) is 7.05 Å². The first-order valence-corrected chi connectivity index (χ1v) is 3.68. The van der Waals surface area contributed by atoms with Gasteiger partial charge in [0.1, 0.15) is 13.5 Å². The second kappa shape index (κ2) is 2.34. The van der Waals surface area contributed by atoms with E-state index in [0.29, 0.717) is 17.7 Å². The maximum atomic E-state index is 11.3. The van der Waals surface area contributed by atoms with E-state index in [1.165, 1.54) is 6.20 Å². The molecule has 0 saturated heterocycles. The molecule has 0 atom stereocenters. The Morgan fingerprint density at radius 2 is 2.42 bits per heavy atom. The molecule has 0 bridgehead atoms. The van der Waals surface area contributed by atoms with E-state index < -0.39 is 0 Å². The highest BCUT2D eigenvalue weighted by molar-refractivity contribution is 6.32. The predicted octanol–water partition coefficient (Wildman–Crippen LogP) is -0.539. The maximum Gasteiger partial charge on any atom is 0.272 e. The molecule has 12 heavy (non-hydrogen) atoms. The number of carbonyl (C=O) groups excluding carboxylic acids is 1. The molecule has 1 aromatic rings. The lowest BCUT2D eigenvalue weighted by atomic mass is 9.96. The van der Waals surface area contributed by atoms with Crippen LogP contribution < -0.4 is 5.46 Å². The van der Waals surface area contributed by atoms with Crippen LogP contribution in [0.3, 0.4) is 0 Å². The van der Waals surface area contributed by atoms with Crippen LogP contribution in [0.4, 0.5) is 0 Å². The van der Waals surface area contributed by atoms with Crippen LogP contribution in [0.25, 0.3) is 0 Å². The van der Waals surface area contributed by atoms with E-state index in [-0.39, 0.29) is 5.91 Å². The van der Waals surface area contributed by atoms with E-state index in [1.54, 1.807) is 18.0 Å². The lowest BCUT2D eigenvalue weighted by molar-refractivity contribution is 0.0812. The molecular formula is C8H7BN2O. The maximum absolute atomic E-state index is 11.3. The van der Waals surface area contributed by atoms with Crippen molar-refractivity contribution >= 4 is 19.2 Å². The zero-order chi connectivity index (χ0) is 8.72. The summed E-state index contributed by atoms with van der Waals surface area (Å²) >= 11 is 0. The van der Waals surface area contributed by atoms with Crippen LogP contribution in [0.2, 0.25) is 0 Å². The third kappa shape index (κ3) is 0.914. The Morgan fingerprint density at radius 3 is 3.17 bits per heavy atom. The average Bonchev–Trinajstić information content (AvgIpc) is 2.28. The van der Waals surface area contributed by atoms with Gasteiger partial charge in [0.25, 0.3) is 5.91 Å². The van der Waals surface area contributed by atoms with Gasteiger partial charge >= 0.3 is 0 Å².